The Kier molecular flexibility index (Phi) is 4.07. The Morgan fingerprint density at radius 1 is 1.00 bits per heavy atom. The van der Waals surface area contributed by atoms with E-state index in [1.54, 1.807) is 11.1 Å². The fraction of sp³-hybridized carbons (Fsp3) is 0.0588. The summed E-state index contributed by atoms with van der Waals surface area (Å²) in [7, 11) is 0. The number of aromatic nitrogens is 1. The van der Waals surface area contributed by atoms with Gasteiger partial charge in [-0.05, 0) is 29.1 Å². The normalized spacial score (nSPS) is 10.3. The number of anilines is 1. The lowest BCUT2D eigenvalue weighted by atomic mass is 10.2. The van der Waals surface area contributed by atoms with Gasteiger partial charge in [0, 0.05) is 6.20 Å². The molecular formula is C17H14N2OS. The van der Waals surface area contributed by atoms with Crippen molar-refractivity contribution in [2.75, 3.05) is 4.90 Å². The van der Waals surface area contributed by atoms with Gasteiger partial charge in [-0.15, -0.1) is 11.3 Å². The fourth-order valence-electron chi connectivity index (χ4n) is 2.07. The molecule has 1 amide bonds. The lowest BCUT2D eigenvalue weighted by Crippen LogP contribution is -2.30. The summed E-state index contributed by atoms with van der Waals surface area (Å²) in [6.45, 7) is 0.509. The number of hydrogen-bond donors (Lipinski definition) is 0. The second-order valence-corrected chi connectivity index (χ2v) is 5.49. The van der Waals surface area contributed by atoms with Gasteiger partial charge in [0.05, 0.1) is 11.4 Å². The van der Waals surface area contributed by atoms with Gasteiger partial charge in [0.1, 0.15) is 5.82 Å². The highest BCUT2D eigenvalue weighted by molar-refractivity contribution is 7.12. The van der Waals surface area contributed by atoms with E-state index in [-0.39, 0.29) is 5.91 Å². The Bertz CT molecular complexity index is 696. The number of amides is 1. The first-order valence-corrected chi connectivity index (χ1v) is 7.53. The number of thiophene rings is 1. The van der Waals surface area contributed by atoms with Crippen molar-refractivity contribution in [2.24, 2.45) is 0 Å². The van der Waals surface area contributed by atoms with Crippen LogP contribution in [-0.2, 0) is 6.54 Å². The summed E-state index contributed by atoms with van der Waals surface area (Å²) < 4.78 is 0. The standard InChI is InChI=1S/C17H14N2OS/c20-17(15-9-6-12-21-15)19(16-10-4-5-11-18-16)13-14-7-2-1-3-8-14/h1-12H,13H2. The van der Waals surface area contributed by atoms with Crippen LogP contribution in [0, 0.1) is 0 Å². The molecule has 1 aromatic carbocycles. The number of benzene rings is 1. The summed E-state index contributed by atoms with van der Waals surface area (Å²) in [5.41, 5.74) is 1.08. The van der Waals surface area contributed by atoms with Gasteiger partial charge in [-0.2, -0.15) is 0 Å². The average molecular weight is 294 g/mol. The predicted octanol–water partition coefficient (Wildman–Crippen LogP) is 3.99. The van der Waals surface area contributed by atoms with Crippen molar-refractivity contribution in [1.82, 2.24) is 4.98 Å². The molecule has 2 aromatic heterocycles. The lowest BCUT2D eigenvalue weighted by molar-refractivity contribution is 0.0988. The molecule has 0 N–H and O–H groups in total. The summed E-state index contributed by atoms with van der Waals surface area (Å²) in [6, 6.07) is 19.3. The van der Waals surface area contributed by atoms with Crippen LogP contribution in [0.4, 0.5) is 5.82 Å². The summed E-state index contributed by atoms with van der Waals surface area (Å²) in [5, 5.41) is 1.91. The minimum Gasteiger partial charge on any atom is -0.288 e. The molecule has 0 bridgehead atoms. The largest absolute Gasteiger partial charge is 0.288 e. The number of hydrogen-bond acceptors (Lipinski definition) is 3. The Morgan fingerprint density at radius 3 is 2.48 bits per heavy atom. The number of nitrogens with zero attached hydrogens (tertiary/aromatic N) is 2. The zero-order valence-electron chi connectivity index (χ0n) is 11.3. The Balaban J connectivity index is 1.93. The van der Waals surface area contributed by atoms with Crippen LogP contribution in [0.2, 0.25) is 0 Å². The molecule has 3 rings (SSSR count). The van der Waals surface area contributed by atoms with E-state index in [0.717, 1.165) is 10.4 Å². The van der Waals surface area contributed by atoms with Gasteiger partial charge >= 0.3 is 0 Å². The maximum absolute atomic E-state index is 12.7. The van der Waals surface area contributed by atoms with E-state index < -0.39 is 0 Å². The van der Waals surface area contributed by atoms with Crippen molar-refractivity contribution in [3.63, 3.8) is 0 Å². The van der Waals surface area contributed by atoms with Crippen molar-refractivity contribution in [3.8, 4) is 0 Å². The van der Waals surface area contributed by atoms with Crippen LogP contribution in [0.25, 0.3) is 0 Å². The lowest BCUT2D eigenvalue weighted by Gasteiger charge is -2.21. The van der Waals surface area contributed by atoms with E-state index in [1.165, 1.54) is 11.3 Å². The van der Waals surface area contributed by atoms with Crippen LogP contribution in [0.15, 0.2) is 72.2 Å². The summed E-state index contributed by atoms with van der Waals surface area (Å²) in [5.74, 6) is 0.646. The van der Waals surface area contributed by atoms with E-state index in [0.29, 0.717) is 12.4 Å². The first-order chi connectivity index (χ1) is 10.3. The van der Waals surface area contributed by atoms with E-state index in [4.69, 9.17) is 0 Å². The molecule has 0 atom stereocenters. The number of pyridine rings is 1. The van der Waals surface area contributed by atoms with Crippen LogP contribution in [-0.4, -0.2) is 10.9 Å². The highest BCUT2D eigenvalue weighted by Gasteiger charge is 2.19. The van der Waals surface area contributed by atoms with Gasteiger partial charge in [0.2, 0.25) is 0 Å². The molecule has 0 spiro atoms. The Morgan fingerprint density at radius 2 is 1.81 bits per heavy atom. The molecule has 0 aliphatic rings. The summed E-state index contributed by atoms with van der Waals surface area (Å²) in [6.07, 6.45) is 1.70. The van der Waals surface area contributed by atoms with Crippen LogP contribution in [0.5, 0.6) is 0 Å². The molecule has 0 fully saturated rings. The maximum Gasteiger partial charge on any atom is 0.269 e. The SMILES string of the molecule is O=C(c1cccs1)N(Cc1ccccc1)c1ccccn1. The molecule has 2 heterocycles. The number of carbonyl (C=O) groups is 1. The van der Waals surface area contributed by atoms with E-state index >= 15 is 0 Å². The van der Waals surface area contributed by atoms with Gasteiger partial charge in [0.25, 0.3) is 5.91 Å². The van der Waals surface area contributed by atoms with Gasteiger partial charge in [0.15, 0.2) is 0 Å². The molecule has 21 heavy (non-hydrogen) atoms. The number of carbonyl (C=O) groups excluding carboxylic acids is 1. The van der Waals surface area contributed by atoms with Crippen LogP contribution in [0.3, 0.4) is 0 Å². The van der Waals surface area contributed by atoms with Crippen molar-refractivity contribution < 1.29 is 4.79 Å². The second-order valence-electron chi connectivity index (χ2n) is 4.54. The van der Waals surface area contributed by atoms with Crippen LogP contribution >= 0.6 is 11.3 Å². The summed E-state index contributed by atoms with van der Waals surface area (Å²) >= 11 is 1.45. The molecule has 3 nitrogen and oxygen atoms in total. The third-order valence-electron chi connectivity index (χ3n) is 3.09. The van der Waals surface area contributed by atoms with E-state index in [2.05, 4.69) is 4.98 Å². The van der Waals surface area contributed by atoms with Gasteiger partial charge < -0.3 is 0 Å². The van der Waals surface area contributed by atoms with Crippen molar-refractivity contribution in [1.29, 1.82) is 0 Å². The summed E-state index contributed by atoms with van der Waals surface area (Å²) in [4.78, 5) is 19.5. The van der Waals surface area contributed by atoms with Gasteiger partial charge in [-0.1, -0.05) is 42.5 Å². The highest BCUT2D eigenvalue weighted by atomic mass is 32.1. The molecule has 0 unspecified atom stereocenters. The number of rotatable bonds is 4. The molecular weight excluding hydrogens is 280 g/mol. The molecule has 104 valence electrons. The van der Waals surface area contributed by atoms with Crippen LogP contribution < -0.4 is 4.90 Å². The zero-order valence-corrected chi connectivity index (χ0v) is 12.2. The molecule has 0 aliphatic carbocycles. The minimum absolute atomic E-state index is 0.0208. The first-order valence-electron chi connectivity index (χ1n) is 6.65. The molecule has 0 aliphatic heterocycles. The maximum atomic E-state index is 12.7. The average Bonchev–Trinajstić information content (AvgIpc) is 3.08. The molecule has 4 heteroatoms. The van der Waals surface area contributed by atoms with E-state index in [1.807, 2.05) is 66.0 Å². The molecule has 0 saturated heterocycles. The fourth-order valence-corrected chi connectivity index (χ4v) is 2.74. The van der Waals surface area contributed by atoms with Gasteiger partial charge in [-0.25, -0.2) is 4.98 Å². The molecule has 3 aromatic rings. The molecule has 0 saturated carbocycles. The van der Waals surface area contributed by atoms with Crippen molar-refractivity contribution in [2.45, 2.75) is 6.54 Å². The van der Waals surface area contributed by atoms with Crippen molar-refractivity contribution >= 4 is 23.1 Å². The van der Waals surface area contributed by atoms with Gasteiger partial charge in [-0.3, -0.25) is 9.69 Å². The third-order valence-corrected chi connectivity index (χ3v) is 3.94. The van der Waals surface area contributed by atoms with Crippen LogP contribution in [0.1, 0.15) is 15.2 Å². The quantitative estimate of drug-likeness (QED) is 0.729. The monoisotopic (exact) mass is 294 g/mol. The van der Waals surface area contributed by atoms with E-state index in [9.17, 15) is 4.79 Å². The smallest absolute Gasteiger partial charge is 0.269 e. The Labute approximate surface area is 127 Å². The molecule has 0 radical (unpaired) electrons. The third kappa shape index (κ3) is 3.17. The highest BCUT2D eigenvalue weighted by Crippen LogP contribution is 2.20. The zero-order chi connectivity index (χ0) is 14.5. The second kappa shape index (κ2) is 6.33. The predicted molar refractivity (Wildman–Crippen MR) is 85.5 cm³/mol. The minimum atomic E-state index is -0.0208. The first kappa shape index (κ1) is 13.5. The van der Waals surface area contributed by atoms with Crippen molar-refractivity contribution in [3.05, 3.63) is 82.7 Å². The topological polar surface area (TPSA) is 33.2 Å². The Hall–Kier alpha value is -2.46.